The lowest BCUT2D eigenvalue weighted by atomic mass is 9.41. The smallest absolute Gasteiger partial charge is 0.143 e. The van der Waals surface area contributed by atoms with Crippen LogP contribution < -0.4 is 0 Å². The Morgan fingerprint density at radius 2 is 1.22 bits per heavy atom. The molecule has 0 aromatic rings. The lowest BCUT2D eigenvalue weighted by molar-refractivity contribution is -0.165. The van der Waals surface area contributed by atoms with Crippen molar-refractivity contribution in [2.45, 2.75) is 59.3 Å². The summed E-state index contributed by atoms with van der Waals surface area (Å²) in [6, 6.07) is 0. The van der Waals surface area contributed by atoms with Crippen LogP contribution in [0.1, 0.15) is 59.3 Å². The number of carbonyl (C=O) groups is 2. The second-order valence-electron chi connectivity index (χ2n) is 7.44. The number of Topliss-reactive ketones (excluding diaryl/α,β-unsaturated/α-hetero) is 2. The third kappa shape index (κ3) is 1.41. The first-order valence-electron chi connectivity index (χ1n) is 7.39. The van der Waals surface area contributed by atoms with Crippen LogP contribution in [0.5, 0.6) is 0 Å². The number of rotatable bonds is 3. The normalized spacial score (nSPS) is 42.1. The van der Waals surface area contributed by atoms with Gasteiger partial charge in [-0.2, -0.15) is 0 Å². The van der Waals surface area contributed by atoms with Crippen LogP contribution in [0.25, 0.3) is 0 Å². The van der Waals surface area contributed by atoms with Crippen LogP contribution in [0.3, 0.4) is 0 Å². The lowest BCUT2D eigenvalue weighted by Crippen LogP contribution is -2.58. The third-order valence-corrected chi connectivity index (χ3v) is 6.51. The zero-order valence-electron chi connectivity index (χ0n) is 11.8. The molecule has 0 aromatic heterocycles. The molecule has 18 heavy (non-hydrogen) atoms. The zero-order chi connectivity index (χ0) is 13.1. The number of hydrogen-bond donors (Lipinski definition) is 0. The Balaban J connectivity index is 2.04. The SMILES string of the molecule is CC(=O)C(C)(C(C)=O)C12CC3CC(CC(C3)C1)C2. The van der Waals surface area contributed by atoms with Crippen LogP contribution in [-0.4, -0.2) is 11.6 Å². The Morgan fingerprint density at radius 1 is 0.889 bits per heavy atom. The molecule has 4 bridgehead atoms. The molecule has 0 aromatic carbocycles. The van der Waals surface area contributed by atoms with Crippen LogP contribution in [0.4, 0.5) is 0 Å². The average Bonchev–Trinajstić information content (AvgIpc) is 2.25. The van der Waals surface area contributed by atoms with E-state index >= 15 is 0 Å². The maximum atomic E-state index is 12.2. The first-order chi connectivity index (χ1) is 8.37. The van der Waals surface area contributed by atoms with Gasteiger partial charge in [0.1, 0.15) is 11.6 Å². The van der Waals surface area contributed by atoms with E-state index in [1.807, 2.05) is 6.92 Å². The highest BCUT2D eigenvalue weighted by Crippen LogP contribution is 2.66. The van der Waals surface area contributed by atoms with Gasteiger partial charge in [-0.1, -0.05) is 0 Å². The van der Waals surface area contributed by atoms with Gasteiger partial charge in [0.2, 0.25) is 0 Å². The van der Waals surface area contributed by atoms with Crippen molar-refractivity contribution in [3.8, 4) is 0 Å². The van der Waals surface area contributed by atoms with Gasteiger partial charge in [0, 0.05) is 0 Å². The molecular formula is C16H24O2. The van der Waals surface area contributed by atoms with E-state index in [4.69, 9.17) is 0 Å². The highest BCUT2D eigenvalue weighted by Gasteiger charge is 2.62. The monoisotopic (exact) mass is 248 g/mol. The van der Waals surface area contributed by atoms with Crippen molar-refractivity contribution in [1.82, 2.24) is 0 Å². The molecule has 4 rings (SSSR count). The average molecular weight is 248 g/mol. The molecule has 4 saturated carbocycles. The molecule has 0 N–H and O–H groups in total. The molecule has 0 spiro atoms. The summed E-state index contributed by atoms with van der Waals surface area (Å²) < 4.78 is 0. The van der Waals surface area contributed by atoms with E-state index in [0.717, 1.165) is 37.0 Å². The summed E-state index contributed by atoms with van der Waals surface area (Å²) in [5, 5.41) is 0. The maximum absolute atomic E-state index is 12.2. The van der Waals surface area contributed by atoms with Crippen molar-refractivity contribution in [3.63, 3.8) is 0 Å². The molecule has 0 unspecified atom stereocenters. The minimum absolute atomic E-state index is 0.000579. The van der Waals surface area contributed by atoms with Gasteiger partial charge < -0.3 is 0 Å². The fourth-order valence-corrected chi connectivity index (χ4v) is 5.72. The molecule has 0 amide bonds. The van der Waals surface area contributed by atoms with Crippen molar-refractivity contribution in [1.29, 1.82) is 0 Å². The molecule has 0 heterocycles. The van der Waals surface area contributed by atoms with E-state index in [1.54, 1.807) is 13.8 Å². The standard InChI is InChI=1S/C16H24O2/c1-10(17)15(3,11(2)18)16-7-12-4-13(8-16)6-14(5-12)9-16/h12-14H,4-9H2,1-3H3. The van der Waals surface area contributed by atoms with Crippen molar-refractivity contribution in [2.75, 3.05) is 0 Å². The molecule has 0 aliphatic heterocycles. The molecule has 2 nitrogen and oxygen atoms in total. The fraction of sp³-hybridized carbons (Fsp3) is 0.875. The molecular weight excluding hydrogens is 224 g/mol. The summed E-state index contributed by atoms with van der Waals surface area (Å²) in [4.78, 5) is 24.4. The Morgan fingerprint density at radius 3 is 1.50 bits per heavy atom. The summed E-state index contributed by atoms with van der Waals surface area (Å²) in [5.74, 6) is 2.55. The van der Waals surface area contributed by atoms with Crippen LogP contribution in [0, 0.1) is 28.6 Å². The van der Waals surface area contributed by atoms with E-state index < -0.39 is 5.41 Å². The highest BCUT2D eigenvalue weighted by molar-refractivity contribution is 6.05. The predicted molar refractivity (Wildman–Crippen MR) is 70.1 cm³/mol. The van der Waals surface area contributed by atoms with Gasteiger partial charge in [-0.3, -0.25) is 9.59 Å². The topological polar surface area (TPSA) is 34.1 Å². The van der Waals surface area contributed by atoms with Crippen molar-refractivity contribution >= 4 is 11.6 Å². The van der Waals surface area contributed by atoms with E-state index in [0.29, 0.717) is 0 Å². The molecule has 4 aliphatic carbocycles. The summed E-state index contributed by atoms with van der Waals surface area (Å²) in [6.45, 7) is 5.19. The van der Waals surface area contributed by atoms with Gasteiger partial charge in [0.15, 0.2) is 0 Å². The van der Waals surface area contributed by atoms with Crippen LogP contribution >= 0.6 is 0 Å². The number of carbonyl (C=O) groups excluding carboxylic acids is 2. The van der Waals surface area contributed by atoms with E-state index in [9.17, 15) is 9.59 Å². The Labute approximate surface area is 110 Å². The van der Waals surface area contributed by atoms with Crippen LogP contribution in [0.15, 0.2) is 0 Å². The maximum Gasteiger partial charge on any atom is 0.143 e. The van der Waals surface area contributed by atoms with Gasteiger partial charge in [0.05, 0.1) is 5.41 Å². The van der Waals surface area contributed by atoms with Gasteiger partial charge >= 0.3 is 0 Å². The van der Waals surface area contributed by atoms with Crippen molar-refractivity contribution in [2.24, 2.45) is 28.6 Å². The van der Waals surface area contributed by atoms with Gasteiger partial charge in [-0.15, -0.1) is 0 Å². The summed E-state index contributed by atoms with van der Waals surface area (Å²) in [7, 11) is 0. The Kier molecular flexibility index (Phi) is 2.53. The third-order valence-electron chi connectivity index (χ3n) is 6.51. The first-order valence-corrected chi connectivity index (χ1v) is 7.39. The molecule has 4 fully saturated rings. The van der Waals surface area contributed by atoms with Gasteiger partial charge in [-0.05, 0) is 82.5 Å². The minimum atomic E-state index is -0.719. The zero-order valence-corrected chi connectivity index (χ0v) is 11.8. The van der Waals surface area contributed by atoms with Crippen molar-refractivity contribution in [3.05, 3.63) is 0 Å². The molecule has 100 valence electrons. The van der Waals surface area contributed by atoms with E-state index in [-0.39, 0.29) is 17.0 Å². The Bertz CT molecular complexity index is 358. The minimum Gasteiger partial charge on any atom is -0.299 e. The highest BCUT2D eigenvalue weighted by atomic mass is 16.2. The molecule has 0 radical (unpaired) electrons. The van der Waals surface area contributed by atoms with Crippen LogP contribution in [-0.2, 0) is 9.59 Å². The fourth-order valence-electron chi connectivity index (χ4n) is 5.72. The second kappa shape index (κ2) is 3.68. The van der Waals surface area contributed by atoms with Crippen molar-refractivity contribution < 1.29 is 9.59 Å². The number of ketones is 2. The van der Waals surface area contributed by atoms with Gasteiger partial charge in [0.25, 0.3) is 0 Å². The summed E-state index contributed by atoms with van der Waals surface area (Å²) in [5.41, 5.74) is -0.720. The lowest BCUT2D eigenvalue weighted by Gasteiger charge is -2.61. The molecule has 0 atom stereocenters. The first kappa shape index (κ1) is 12.4. The second-order valence-corrected chi connectivity index (χ2v) is 7.44. The van der Waals surface area contributed by atoms with E-state index in [2.05, 4.69) is 0 Å². The molecule has 2 heteroatoms. The van der Waals surface area contributed by atoms with E-state index in [1.165, 1.54) is 19.3 Å². The van der Waals surface area contributed by atoms with Crippen LogP contribution in [0.2, 0.25) is 0 Å². The predicted octanol–water partition coefficient (Wildman–Crippen LogP) is 3.39. The summed E-state index contributed by atoms with van der Waals surface area (Å²) >= 11 is 0. The number of hydrogen-bond acceptors (Lipinski definition) is 2. The molecule has 4 aliphatic rings. The quantitative estimate of drug-likeness (QED) is 0.717. The largest absolute Gasteiger partial charge is 0.299 e. The van der Waals surface area contributed by atoms with Gasteiger partial charge in [-0.25, -0.2) is 0 Å². The Hall–Kier alpha value is -0.660. The summed E-state index contributed by atoms with van der Waals surface area (Å²) in [6.07, 6.45) is 7.42. The molecule has 0 saturated heterocycles.